The van der Waals surface area contributed by atoms with Gasteiger partial charge in [-0.05, 0) is 37.8 Å². The Morgan fingerprint density at radius 2 is 1.79 bits per heavy atom. The first-order valence-corrected chi connectivity index (χ1v) is 7.47. The number of nitrogens with zero attached hydrogens (tertiary/aromatic N) is 3. The first-order valence-electron chi connectivity index (χ1n) is 6.49. The van der Waals surface area contributed by atoms with Crippen LogP contribution in [-0.2, 0) is 4.79 Å². The van der Waals surface area contributed by atoms with Crippen LogP contribution in [0.5, 0.6) is 0 Å². The van der Waals surface area contributed by atoms with Crippen molar-refractivity contribution in [3.05, 3.63) is 30.3 Å². The third-order valence-electron chi connectivity index (χ3n) is 3.24. The number of carbonyl (C=O) groups is 1. The molecule has 1 amide bonds. The van der Waals surface area contributed by atoms with E-state index in [1.807, 2.05) is 30.3 Å². The molecule has 1 saturated heterocycles. The fraction of sp³-hybridized carbons (Fsp3) is 0.357. The Hall–Kier alpha value is -1.62. The van der Waals surface area contributed by atoms with Crippen molar-refractivity contribution < 1.29 is 4.79 Å². The Morgan fingerprint density at radius 3 is 2.53 bits per heavy atom. The molecule has 1 saturated carbocycles. The van der Waals surface area contributed by atoms with E-state index in [1.54, 1.807) is 4.90 Å². The zero-order valence-corrected chi connectivity index (χ0v) is 11.4. The molecule has 19 heavy (non-hydrogen) atoms. The predicted molar refractivity (Wildman–Crippen MR) is 79.7 cm³/mol. The number of rotatable bonds is 2. The van der Waals surface area contributed by atoms with Crippen LogP contribution in [0.25, 0.3) is 0 Å². The molecule has 1 aromatic rings. The first kappa shape index (κ1) is 12.4. The summed E-state index contributed by atoms with van der Waals surface area (Å²) in [5.41, 5.74) is 2.02. The zero-order valence-electron chi connectivity index (χ0n) is 10.6. The van der Waals surface area contributed by atoms with Crippen molar-refractivity contribution in [1.82, 2.24) is 0 Å². The van der Waals surface area contributed by atoms with Crippen LogP contribution in [0.1, 0.15) is 25.7 Å². The molecule has 1 heterocycles. The Morgan fingerprint density at radius 1 is 1.05 bits per heavy atom. The number of hydrogen-bond acceptors (Lipinski definition) is 4. The average molecular weight is 273 g/mol. The molecular weight excluding hydrogens is 258 g/mol. The van der Waals surface area contributed by atoms with Gasteiger partial charge in [0.1, 0.15) is 0 Å². The van der Waals surface area contributed by atoms with Gasteiger partial charge in [0.15, 0.2) is 5.17 Å². The number of hydrogen-bond donors (Lipinski definition) is 0. The van der Waals surface area contributed by atoms with Gasteiger partial charge in [-0.25, -0.2) is 0 Å². The van der Waals surface area contributed by atoms with E-state index in [1.165, 1.54) is 24.6 Å². The van der Waals surface area contributed by atoms with Crippen molar-refractivity contribution in [3.63, 3.8) is 0 Å². The van der Waals surface area contributed by atoms with Crippen LogP contribution in [0.3, 0.4) is 0 Å². The largest absolute Gasteiger partial charge is 0.273 e. The maximum Gasteiger partial charge on any atom is 0.243 e. The molecule has 1 aromatic carbocycles. The van der Waals surface area contributed by atoms with Crippen LogP contribution < -0.4 is 4.90 Å². The van der Waals surface area contributed by atoms with Gasteiger partial charge >= 0.3 is 0 Å². The van der Waals surface area contributed by atoms with Crippen LogP contribution >= 0.6 is 11.8 Å². The van der Waals surface area contributed by atoms with E-state index >= 15 is 0 Å². The predicted octanol–water partition coefficient (Wildman–Crippen LogP) is 3.05. The van der Waals surface area contributed by atoms with Gasteiger partial charge in [0, 0.05) is 5.71 Å². The smallest absolute Gasteiger partial charge is 0.243 e. The highest BCUT2D eigenvalue weighted by atomic mass is 32.2. The number of para-hydroxylation sites is 1. The topological polar surface area (TPSA) is 45.0 Å². The van der Waals surface area contributed by atoms with Gasteiger partial charge < -0.3 is 0 Å². The molecule has 2 fully saturated rings. The first-order chi connectivity index (χ1) is 9.34. The molecule has 1 aliphatic heterocycles. The fourth-order valence-corrected chi connectivity index (χ4v) is 3.08. The van der Waals surface area contributed by atoms with Crippen molar-refractivity contribution in [2.45, 2.75) is 25.7 Å². The van der Waals surface area contributed by atoms with Crippen LogP contribution in [-0.4, -0.2) is 22.5 Å². The number of amides is 1. The molecule has 3 rings (SSSR count). The summed E-state index contributed by atoms with van der Waals surface area (Å²) in [4.78, 5) is 13.6. The van der Waals surface area contributed by atoms with Crippen LogP contribution in [0.4, 0.5) is 5.69 Å². The van der Waals surface area contributed by atoms with Gasteiger partial charge in [0.25, 0.3) is 0 Å². The number of thioether (sulfide) groups is 1. The summed E-state index contributed by atoms with van der Waals surface area (Å²) in [5.74, 6) is 0.514. The van der Waals surface area contributed by atoms with Crippen LogP contribution in [0.15, 0.2) is 40.5 Å². The number of amidine groups is 1. The van der Waals surface area contributed by atoms with E-state index in [0.29, 0.717) is 10.9 Å². The summed E-state index contributed by atoms with van der Waals surface area (Å²) >= 11 is 1.46. The SMILES string of the molecule is O=C1CS/C(=N\N=C2CCCC2)N1c1ccccc1. The zero-order chi connectivity index (χ0) is 13.1. The van der Waals surface area contributed by atoms with E-state index in [9.17, 15) is 4.79 Å². The molecule has 0 atom stereocenters. The molecule has 0 N–H and O–H groups in total. The minimum atomic E-state index is 0.0709. The highest BCUT2D eigenvalue weighted by Crippen LogP contribution is 2.26. The molecule has 0 radical (unpaired) electrons. The van der Waals surface area contributed by atoms with Crippen LogP contribution in [0.2, 0.25) is 0 Å². The quantitative estimate of drug-likeness (QED) is 0.777. The highest BCUT2D eigenvalue weighted by molar-refractivity contribution is 8.15. The molecule has 4 nitrogen and oxygen atoms in total. The van der Waals surface area contributed by atoms with E-state index < -0.39 is 0 Å². The maximum atomic E-state index is 12.0. The molecule has 0 unspecified atom stereocenters. The molecule has 1 aliphatic carbocycles. The second-order valence-corrected chi connectivity index (χ2v) is 5.55. The number of carbonyl (C=O) groups excluding carboxylic acids is 1. The van der Waals surface area contributed by atoms with Crippen molar-refractivity contribution in [1.29, 1.82) is 0 Å². The summed E-state index contributed by atoms with van der Waals surface area (Å²) in [6, 6.07) is 9.62. The normalized spacial score (nSPS) is 21.5. The van der Waals surface area contributed by atoms with Crippen LogP contribution in [0, 0.1) is 0 Å². The Balaban J connectivity index is 1.86. The van der Waals surface area contributed by atoms with Crippen molar-refractivity contribution in [2.24, 2.45) is 10.2 Å². The van der Waals surface area contributed by atoms with Crippen molar-refractivity contribution in [2.75, 3.05) is 10.7 Å². The van der Waals surface area contributed by atoms with Gasteiger partial charge in [-0.15, -0.1) is 5.10 Å². The highest BCUT2D eigenvalue weighted by Gasteiger charge is 2.29. The lowest BCUT2D eigenvalue weighted by molar-refractivity contribution is -0.115. The lowest BCUT2D eigenvalue weighted by atomic mass is 10.3. The van der Waals surface area contributed by atoms with Gasteiger partial charge in [-0.2, -0.15) is 5.10 Å². The number of anilines is 1. The third kappa shape index (κ3) is 2.71. The summed E-state index contributed by atoms with van der Waals surface area (Å²) in [5, 5.41) is 9.28. The van der Waals surface area contributed by atoms with Crippen molar-refractivity contribution in [3.8, 4) is 0 Å². The summed E-state index contributed by atoms with van der Waals surface area (Å²) in [6.07, 6.45) is 4.50. The average Bonchev–Trinajstić information content (AvgIpc) is 3.07. The van der Waals surface area contributed by atoms with Gasteiger partial charge in [0.05, 0.1) is 11.4 Å². The standard InChI is InChI=1S/C14H15N3OS/c18-13-10-19-14(16-15-11-6-4-5-7-11)17(13)12-8-2-1-3-9-12/h1-3,8-9H,4-7,10H2/b16-14-. The van der Waals surface area contributed by atoms with E-state index in [2.05, 4.69) is 10.2 Å². The van der Waals surface area contributed by atoms with Gasteiger partial charge in [0.2, 0.25) is 5.91 Å². The van der Waals surface area contributed by atoms with Gasteiger partial charge in [-0.1, -0.05) is 30.0 Å². The summed E-state index contributed by atoms with van der Waals surface area (Å²) in [6.45, 7) is 0. The Kier molecular flexibility index (Phi) is 3.64. The fourth-order valence-electron chi connectivity index (χ4n) is 2.26. The number of benzene rings is 1. The summed E-state index contributed by atoms with van der Waals surface area (Å²) < 4.78 is 0. The van der Waals surface area contributed by atoms with E-state index in [0.717, 1.165) is 24.2 Å². The molecule has 5 heteroatoms. The molecular formula is C14H15N3OS. The molecule has 0 aromatic heterocycles. The molecule has 0 bridgehead atoms. The van der Waals surface area contributed by atoms with E-state index in [-0.39, 0.29) is 5.91 Å². The second kappa shape index (κ2) is 5.57. The molecule has 2 aliphatic rings. The lowest BCUT2D eigenvalue weighted by Gasteiger charge is -2.14. The third-order valence-corrected chi connectivity index (χ3v) is 4.15. The second-order valence-electron chi connectivity index (χ2n) is 4.61. The minimum Gasteiger partial charge on any atom is -0.273 e. The molecule has 0 spiro atoms. The Bertz CT molecular complexity index is 531. The van der Waals surface area contributed by atoms with Gasteiger partial charge in [-0.3, -0.25) is 9.69 Å². The summed E-state index contributed by atoms with van der Waals surface area (Å²) in [7, 11) is 0. The Labute approximate surface area is 116 Å². The van der Waals surface area contributed by atoms with E-state index in [4.69, 9.17) is 0 Å². The monoisotopic (exact) mass is 273 g/mol. The molecule has 98 valence electrons. The van der Waals surface area contributed by atoms with Crippen molar-refractivity contribution >= 4 is 34.2 Å². The lowest BCUT2D eigenvalue weighted by Crippen LogP contribution is -2.28. The minimum absolute atomic E-state index is 0.0709. The maximum absolute atomic E-state index is 12.0.